The van der Waals surface area contributed by atoms with Crippen LogP contribution in [-0.2, 0) is 0 Å². The van der Waals surface area contributed by atoms with Gasteiger partial charge in [-0.2, -0.15) is 0 Å². The topological polar surface area (TPSA) is 49.9 Å². The van der Waals surface area contributed by atoms with E-state index in [0.29, 0.717) is 0 Å². The summed E-state index contributed by atoms with van der Waals surface area (Å²) in [4.78, 5) is 1.10. The molecule has 0 atom stereocenters. The van der Waals surface area contributed by atoms with Crippen molar-refractivity contribution >= 4 is 17.6 Å². The van der Waals surface area contributed by atoms with Gasteiger partial charge in [-0.15, -0.1) is 11.8 Å². The molecule has 0 saturated carbocycles. The minimum atomic E-state index is -0.194. The fourth-order valence-electron chi connectivity index (χ4n) is 1.52. The summed E-state index contributed by atoms with van der Waals surface area (Å²) >= 11 is 1.74. The van der Waals surface area contributed by atoms with Crippen LogP contribution < -0.4 is 5.73 Å². The van der Waals surface area contributed by atoms with Gasteiger partial charge in [0.25, 0.3) is 0 Å². The molecule has 0 unspecified atom stereocenters. The molecule has 100 valence electrons. The highest BCUT2D eigenvalue weighted by atomic mass is 32.2. The molecule has 0 radical (unpaired) electrons. The zero-order valence-corrected chi connectivity index (χ0v) is 11.8. The Morgan fingerprint density at radius 1 is 1.28 bits per heavy atom. The molecule has 2 nitrogen and oxygen atoms in total. The van der Waals surface area contributed by atoms with Crippen molar-refractivity contribution in [2.75, 3.05) is 5.75 Å². The molecule has 0 heterocycles. The Morgan fingerprint density at radius 2 is 1.89 bits per heavy atom. The van der Waals surface area contributed by atoms with Crippen molar-refractivity contribution < 1.29 is 4.39 Å². The summed E-state index contributed by atoms with van der Waals surface area (Å²) in [7, 11) is 0. The van der Waals surface area contributed by atoms with E-state index in [9.17, 15) is 4.39 Å². The molecule has 0 saturated heterocycles. The number of thioether (sulfide) groups is 1. The van der Waals surface area contributed by atoms with Crippen LogP contribution in [0.2, 0.25) is 0 Å². The highest BCUT2D eigenvalue weighted by molar-refractivity contribution is 7.99. The van der Waals surface area contributed by atoms with Crippen molar-refractivity contribution in [1.82, 2.24) is 0 Å². The van der Waals surface area contributed by atoms with E-state index in [0.717, 1.165) is 29.9 Å². The number of rotatable bonds is 7. The van der Waals surface area contributed by atoms with Gasteiger partial charge < -0.3 is 5.73 Å². The Bertz CT molecular complexity index is 387. The molecule has 18 heavy (non-hydrogen) atoms. The molecule has 1 aromatic rings. The Kier molecular flexibility index (Phi) is 5.66. The van der Waals surface area contributed by atoms with Crippen LogP contribution >= 0.6 is 11.8 Å². The van der Waals surface area contributed by atoms with Crippen LogP contribution in [-0.4, -0.2) is 11.6 Å². The first-order chi connectivity index (χ1) is 8.42. The van der Waals surface area contributed by atoms with Crippen molar-refractivity contribution in [1.29, 1.82) is 5.41 Å². The molecule has 0 aliphatic carbocycles. The van der Waals surface area contributed by atoms with Crippen molar-refractivity contribution in [2.24, 2.45) is 11.1 Å². The maximum absolute atomic E-state index is 12.7. The average molecular weight is 268 g/mol. The van der Waals surface area contributed by atoms with Crippen LogP contribution in [0.4, 0.5) is 4.39 Å². The van der Waals surface area contributed by atoms with E-state index < -0.39 is 0 Å². The third-order valence-corrected chi connectivity index (χ3v) is 4.11. The quantitative estimate of drug-likeness (QED) is 0.339. The van der Waals surface area contributed by atoms with Gasteiger partial charge in [-0.05, 0) is 42.9 Å². The molecule has 0 spiro atoms. The molecule has 1 aromatic carbocycles. The van der Waals surface area contributed by atoms with Crippen molar-refractivity contribution in [3.63, 3.8) is 0 Å². The van der Waals surface area contributed by atoms with Gasteiger partial charge in [0.1, 0.15) is 5.82 Å². The van der Waals surface area contributed by atoms with E-state index in [1.165, 1.54) is 12.1 Å². The highest BCUT2D eigenvalue weighted by Crippen LogP contribution is 2.25. The molecule has 0 fully saturated rings. The summed E-state index contributed by atoms with van der Waals surface area (Å²) < 4.78 is 12.7. The molecule has 0 aliphatic heterocycles. The maximum atomic E-state index is 12.7. The predicted molar refractivity (Wildman–Crippen MR) is 76.7 cm³/mol. The average Bonchev–Trinajstić information content (AvgIpc) is 2.31. The molecular weight excluding hydrogens is 247 g/mol. The lowest BCUT2D eigenvalue weighted by Gasteiger charge is -2.22. The minimum absolute atomic E-state index is 0.192. The summed E-state index contributed by atoms with van der Waals surface area (Å²) in [6, 6.07) is 6.58. The van der Waals surface area contributed by atoms with Gasteiger partial charge in [0.15, 0.2) is 0 Å². The lowest BCUT2D eigenvalue weighted by atomic mass is 9.86. The monoisotopic (exact) mass is 268 g/mol. The number of halogens is 1. The van der Waals surface area contributed by atoms with E-state index in [-0.39, 0.29) is 17.1 Å². The van der Waals surface area contributed by atoms with E-state index in [4.69, 9.17) is 11.1 Å². The number of hydrogen-bond acceptors (Lipinski definition) is 2. The second-order valence-corrected chi connectivity index (χ2v) is 6.23. The second kappa shape index (κ2) is 6.78. The number of nitrogens with two attached hydrogens (primary N) is 1. The standard InChI is InChI=1S/C14H21FN2S/c1-14(2,13(16)17)9-3-4-10-18-12-7-5-11(15)6-8-12/h5-8H,3-4,9-10H2,1-2H3,(H3,16,17). The smallest absolute Gasteiger partial charge is 0.123 e. The van der Waals surface area contributed by atoms with E-state index in [1.54, 1.807) is 23.9 Å². The van der Waals surface area contributed by atoms with Crippen molar-refractivity contribution in [2.45, 2.75) is 38.0 Å². The van der Waals surface area contributed by atoms with E-state index in [1.807, 2.05) is 13.8 Å². The van der Waals surface area contributed by atoms with E-state index in [2.05, 4.69) is 0 Å². The third kappa shape index (κ3) is 5.08. The largest absolute Gasteiger partial charge is 0.387 e. The number of unbranched alkanes of at least 4 members (excludes halogenated alkanes) is 1. The molecule has 1 rings (SSSR count). The second-order valence-electron chi connectivity index (χ2n) is 5.06. The molecular formula is C14H21FN2S. The third-order valence-electron chi connectivity index (χ3n) is 3.01. The Morgan fingerprint density at radius 3 is 2.44 bits per heavy atom. The lowest BCUT2D eigenvalue weighted by Crippen LogP contribution is -2.30. The van der Waals surface area contributed by atoms with E-state index >= 15 is 0 Å². The summed E-state index contributed by atoms with van der Waals surface area (Å²) in [5.41, 5.74) is 5.34. The lowest BCUT2D eigenvalue weighted by molar-refractivity contribution is 0.448. The number of hydrogen-bond donors (Lipinski definition) is 2. The van der Waals surface area contributed by atoms with Crippen molar-refractivity contribution in [3.05, 3.63) is 30.1 Å². The predicted octanol–water partition coefficient (Wildman–Crippen LogP) is 4.05. The van der Waals surface area contributed by atoms with Gasteiger partial charge in [-0.25, -0.2) is 4.39 Å². The zero-order valence-electron chi connectivity index (χ0n) is 11.0. The molecule has 0 aromatic heterocycles. The van der Waals surface area contributed by atoms with Crippen LogP contribution in [0.15, 0.2) is 29.2 Å². The van der Waals surface area contributed by atoms with Crippen LogP contribution in [0.5, 0.6) is 0 Å². The number of amidine groups is 1. The summed E-state index contributed by atoms with van der Waals surface area (Å²) in [6.45, 7) is 4.00. The highest BCUT2D eigenvalue weighted by Gasteiger charge is 2.20. The summed E-state index contributed by atoms with van der Waals surface area (Å²) in [5.74, 6) is 1.08. The number of benzene rings is 1. The van der Waals surface area contributed by atoms with Gasteiger partial charge in [0.2, 0.25) is 0 Å². The van der Waals surface area contributed by atoms with Gasteiger partial charge in [-0.1, -0.05) is 20.3 Å². The summed E-state index contributed by atoms with van der Waals surface area (Å²) in [5, 5.41) is 7.47. The van der Waals surface area contributed by atoms with Crippen LogP contribution in [0, 0.1) is 16.6 Å². The first-order valence-electron chi connectivity index (χ1n) is 6.15. The zero-order chi connectivity index (χ0) is 13.6. The fourth-order valence-corrected chi connectivity index (χ4v) is 2.44. The van der Waals surface area contributed by atoms with Gasteiger partial charge in [0, 0.05) is 10.3 Å². The molecule has 4 heteroatoms. The van der Waals surface area contributed by atoms with Gasteiger partial charge in [-0.3, -0.25) is 5.41 Å². The van der Waals surface area contributed by atoms with Crippen LogP contribution in [0.3, 0.4) is 0 Å². The van der Waals surface area contributed by atoms with Gasteiger partial charge in [0.05, 0.1) is 5.84 Å². The molecule has 0 aliphatic rings. The first kappa shape index (κ1) is 15.0. The maximum Gasteiger partial charge on any atom is 0.123 e. The minimum Gasteiger partial charge on any atom is -0.387 e. The number of nitrogens with one attached hydrogen (secondary N) is 1. The Labute approximate surface area is 113 Å². The molecule has 0 amide bonds. The first-order valence-corrected chi connectivity index (χ1v) is 7.13. The summed E-state index contributed by atoms with van der Waals surface area (Å²) in [6.07, 6.45) is 3.08. The Balaban J connectivity index is 2.20. The SMILES string of the molecule is CC(C)(CCCCSc1ccc(F)cc1)C(=N)N. The van der Waals surface area contributed by atoms with Crippen LogP contribution in [0.1, 0.15) is 33.1 Å². The van der Waals surface area contributed by atoms with Crippen molar-refractivity contribution in [3.8, 4) is 0 Å². The van der Waals surface area contributed by atoms with Crippen LogP contribution in [0.25, 0.3) is 0 Å². The molecule has 3 N–H and O–H groups in total. The normalized spacial score (nSPS) is 11.5. The Hall–Kier alpha value is -1.03. The fraction of sp³-hybridized carbons (Fsp3) is 0.500. The molecule has 0 bridgehead atoms. The van der Waals surface area contributed by atoms with Gasteiger partial charge >= 0.3 is 0 Å².